The Balaban J connectivity index is 1.89. The van der Waals surface area contributed by atoms with Gasteiger partial charge in [0.2, 0.25) is 0 Å². The average molecular weight is 281 g/mol. The number of anilines is 1. The number of nitrogens with two attached hydrogens (primary N) is 1. The maximum Gasteiger partial charge on any atom is 0.150 e. The number of imidazole rings is 1. The van der Waals surface area contributed by atoms with Crippen molar-refractivity contribution in [1.82, 2.24) is 19.9 Å². The fourth-order valence-corrected chi connectivity index (χ4v) is 3.31. The van der Waals surface area contributed by atoms with E-state index in [4.69, 9.17) is 10.7 Å². The molecule has 1 fully saturated rings. The van der Waals surface area contributed by atoms with Gasteiger partial charge in [-0.05, 0) is 32.5 Å². The second-order valence-electron chi connectivity index (χ2n) is 5.96. The van der Waals surface area contributed by atoms with Gasteiger partial charge in [-0.25, -0.2) is 9.97 Å². The maximum atomic E-state index is 6.10. The zero-order valence-corrected chi connectivity index (χ0v) is 12.1. The molecular weight excluding hydrogens is 262 g/mol. The third-order valence-corrected chi connectivity index (χ3v) is 4.39. The summed E-state index contributed by atoms with van der Waals surface area (Å²) in [6.45, 7) is 2.22. The van der Waals surface area contributed by atoms with Gasteiger partial charge in [-0.2, -0.15) is 0 Å². The summed E-state index contributed by atoms with van der Waals surface area (Å²) in [5.74, 6) is 2.03. The van der Waals surface area contributed by atoms with Crippen molar-refractivity contribution in [3.63, 3.8) is 0 Å². The lowest BCUT2D eigenvalue weighted by Crippen LogP contribution is -2.31. The molecule has 108 valence electrons. The van der Waals surface area contributed by atoms with Crippen molar-refractivity contribution in [2.45, 2.75) is 18.8 Å². The molecule has 0 amide bonds. The number of nitrogens with zero attached hydrogens (tertiary/aromatic N) is 3. The molecule has 1 aliphatic rings. The van der Waals surface area contributed by atoms with Crippen molar-refractivity contribution >= 4 is 27.8 Å². The Bertz CT molecular complexity index is 807. The summed E-state index contributed by atoms with van der Waals surface area (Å²) >= 11 is 0. The number of benzene rings is 1. The number of aromatic amines is 1. The van der Waals surface area contributed by atoms with E-state index < -0.39 is 0 Å². The number of hydrogen-bond donors (Lipinski definition) is 2. The molecule has 0 bridgehead atoms. The lowest BCUT2D eigenvalue weighted by Gasteiger charge is -2.28. The zero-order chi connectivity index (χ0) is 14.4. The predicted octanol–water partition coefficient (Wildman–Crippen LogP) is 2.50. The molecule has 5 nitrogen and oxygen atoms in total. The number of nitrogen functional groups attached to an aromatic ring is 1. The van der Waals surface area contributed by atoms with Gasteiger partial charge in [0.1, 0.15) is 22.7 Å². The molecule has 5 heteroatoms. The SMILES string of the molecule is CN1CCC[C@H](c2nc3c([nH]2)c(N)nc2ccccc23)C1. The van der Waals surface area contributed by atoms with Gasteiger partial charge >= 0.3 is 0 Å². The van der Waals surface area contributed by atoms with Crippen LogP contribution in [0.4, 0.5) is 5.82 Å². The van der Waals surface area contributed by atoms with Gasteiger partial charge in [0.25, 0.3) is 0 Å². The van der Waals surface area contributed by atoms with Crippen LogP contribution in [0.5, 0.6) is 0 Å². The van der Waals surface area contributed by atoms with E-state index in [9.17, 15) is 0 Å². The highest BCUT2D eigenvalue weighted by Gasteiger charge is 2.23. The number of pyridine rings is 1. The van der Waals surface area contributed by atoms with Crippen molar-refractivity contribution in [1.29, 1.82) is 0 Å². The van der Waals surface area contributed by atoms with E-state index in [2.05, 4.69) is 28.0 Å². The summed E-state index contributed by atoms with van der Waals surface area (Å²) in [6, 6.07) is 8.03. The summed E-state index contributed by atoms with van der Waals surface area (Å²) in [6.07, 6.45) is 2.39. The molecule has 3 N–H and O–H groups in total. The summed E-state index contributed by atoms with van der Waals surface area (Å²) < 4.78 is 0. The molecule has 1 aromatic carbocycles. The molecule has 21 heavy (non-hydrogen) atoms. The summed E-state index contributed by atoms with van der Waals surface area (Å²) in [4.78, 5) is 15.1. The first-order valence-corrected chi connectivity index (χ1v) is 7.45. The Kier molecular flexibility index (Phi) is 2.82. The van der Waals surface area contributed by atoms with Gasteiger partial charge in [0.05, 0.1) is 5.52 Å². The van der Waals surface area contributed by atoms with Crippen LogP contribution in [0.25, 0.3) is 21.9 Å². The highest BCUT2D eigenvalue weighted by molar-refractivity contribution is 6.06. The molecule has 0 saturated carbocycles. The van der Waals surface area contributed by atoms with Crippen molar-refractivity contribution in [2.24, 2.45) is 0 Å². The van der Waals surface area contributed by atoms with E-state index in [1.165, 1.54) is 19.4 Å². The minimum Gasteiger partial charge on any atom is -0.382 e. The highest BCUT2D eigenvalue weighted by Crippen LogP contribution is 2.30. The maximum absolute atomic E-state index is 6.10. The first-order valence-electron chi connectivity index (χ1n) is 7.45. The van der Waals surface area contributed by atoms with E-state index in [0.29, 0.717) is 11.7 Å². The molecule has 1 aliphatic heterocycles. The summed E-state index contributed by atoms with van der Waals surface area (Å²) in [7, 11) is 2.17. The second-order valence-corrected chi connectivity index (χ2v) is 5.96. The van der Waals surface area contributed by atoms with Crippen molar-refractivity contribution in [3.8, 4) is 0 Å². The van der Waals surface area contributed by atoms with Gasteiger partial charge in [-0.3, -0.25) is 0 Å². The average Bonchev–Trinajstić information content (AvgIpc) is 2.93. The highest BCUT2D eigenvalue weighted by atomic mass is 15.1. The quantitative estimate of drug-likeness (QED) is 0.719. The lowest BCUT2D eigenvalue weighted by atomic mass is 9.98. The molecule has 0 radical (unpaired) electrons. The Morgan fingerprint density at radius 1 is 1.29 bits per heavy atom. The van der Waals surface area contributed by atoms with Crippen molar-refractivity contribution < 1.29 is 0 Å². The van der Waals surface area contributed by atoms with E-state index in [0.717, 1.165) is 34.3 Å². The minimum absolute atomic E-state index is 0.453. The fraction of sp³-hybridized carbons (Fsp3) is 0.375. The molecule has 4 rings (SSSR count). The zero-order valence-electron chi connectivity index (χ0n) is 12.1. The largest absolute Gasteiger partial charge is 0.382 e. The molecule has 0 spiro atoms. The molecule has 0 aliphatic carbocycles. The van der Waals surface area contributed by atoms with E-state index >= 15 is 0 Å². The minimum atomic E-state index is 0.453. The topological polar surface area (TPSA) is 70.8 Å². The normalized spacial score (nSPS) is 20.3. The van der Waals surface area contributed by atoms with Gasteiger partial charge in [0.15, 0.2) is 0 Å². The smallest absolute Gasteiger partial charge is 0.150 e. The third kappa shape index (κ3) is 2.05. The lowest BCUT2D eigenvalue weighted by molar-refractivity contribution is 0.246. The molecule has 2 aromatic heterocycles. The number of H-pyrrole nitrogens is 1. The molecule has 1 atom stereocenters. The Morgan fingerprint density at radius 3 is 3.00 bits per heavy atom. The number of hydrogen-bond acceptors (Lipinski definition) is 4. The third-order valence-electron chi connectivity index (χ3n) is 4.39. The van der Waals surface area contributed by atoms with E-state index in [1.807, 2.05) is 18.2 Å². The molecular formula is C16H19N5. The van der Waals surface area contributed by atoms with Crippen molar-refractivity contribution in [3.05, 3.63) is 30.1 Å². The summed E-state index contributed by atoms with van der Waals surface area (Å²) in [5, 5.41) is 1.06. The number of para-hydroxylation sites is 1. The van der Waals surface area contributed by atoms with Crippen LogP contribution in [0.3, 0.4) is 0 Å². The fourth-order valence-electron chi connectivity index (χ4n) is 3.31. The van der Waals surface area contributed by atoms with Crippen LogP contribution in [-0.2, 0) is 0 Å². The van der Waals surface area contributed by atoms with Crippen LogP contribution in [0.15, 0.2) is 24.3 Å². The van der Waals surface area contributed by atoms with Crippen LogP contribution in [0.2, 0.25) is 0 Å². The molecule has 0 unspecified atom stereocenters. The van der Waals surface area contributed by atoms with Crippen LogP contribution in [0, 0.1) is 0 Å². The van der Waals surface area contributed by atoms with Crippen LogP contribution in [-0.4, -0.2) is 40.0 Å². The first kappa shape index (κ1) is 12.6. The van der Waals surface area contributed by atoms with Crippen molar-refractivity contribution in [2.75, 3.05) is 25.9 Å². The first-order chi connectivity index (χ1) is 10.2. The number of nitrogens with one attached hydrogen (secondary N) is 1. The molecule has 3 aromatic rings. The van der Waals surface area contributed by atoms with Crippen LogP contribution < -0.4 is 5.73 Å². The number of aromatic nitrogens is 3. The Morgan fingerprint density at radius 2 is 2.14 bits per heavy atom. The van der Waals surface area contributed by atoms with E-state index in [-0.39, 0.29) is 0 Å². The number of piperidine rings is 1. The Labute approximate surface area is 123 Å². The van der Waals surface area contributed by atoms with Crippen LogP contribution >= 0.6 is 0 Å². The van der Waals surface area contributed by atoms with E-state index in [1.54, 1.807) is 0 Å². The molecule has 1 saturated heterocycles. The Hall–Kier alpha value is -2.14. The number of rotatable bonds is 1. The monoisotopic (exact) mass is 281 g/mol. The number of fused-ring (bicyclic) bond motifs is 3. The van der Waals surface area contributed by atoms with Crippen LogP contribution in [0.1, 0.15) is 24.6 Å². The standard InChI is InChI=1S/C16H19N5/c1-21-8-4-5-10(9-21)16-19-13-11-6-2-3-7-12(11)18-15(17)14(13)20-16/h2-3,6-7,10H,4-5,8-9H2,1H3,(H2,17,18)(H,19,20)/t10-/m0/s1. The van der Waals surface area contributed by atoms with Gasteiger partial charge in [-0.15, -0.1) is 0 Å². The number of likely N-dealkylation sites (N-methyl/N-ethyl adjacent to an activating group) is 1. The second kappa shape index (κ2) is 4.70. The van der Waals surface area contributed by atoms with Gasteiger partial charge < -0.3 is 15.6 Å². The number of likely N-dealkylation sites (tertiary alicyclic amines) is 1. The van der Waals surface area contributed by atoms with Gasteiger partial charge in [-0.1, -0.05) is 18.2 Å². The van der Waals surface area contributed by atoms with Gasteiger partial charge in [0, 0.05) is 17.8 Å². The summed E-state index contributed by atoms with van der Waals surface area (Å²) in [5.41, 5.74) is 8.82. The predicted molar refractivity (Wildman–Crippen MR) is 85.3 cm³/mol. The molecule has 3 heterocycles.